The first-order chi connectivity index (χ1) is 8.40. The molecule has 0 bridgehead atoms. The molecule has 2 aliphatic rings. The fraction of sp³-hybridized carbons (Fsp3) is 0.833. The molecule has 0 aromatic heterocycles. The highest BCUT2D eigenvalue weighted by molar-refractivity contribution is 6.06. The summed E-state index contributed by atoms with van der Waals surface area (Å²) in [5, 5.41) is 2.69. The maximum atomic E-state index is 12.0. The van der Waals surface area contributed by atoms with Gasteiger partial charge in [0.25, 0.3) is 5.91 Å². The van der Waals surface area contributed by atoms with Gasteiger partial charge in [0.2, 0.25) is 0 Å². The summed E-state index contributed by atoms with van der Waals surface area (Å²) in [5.74, 6) is -0.138. The maximum Gasteiger partial charge on any atom is 0.325 e. The predicted octanol–water partition coefficient (Wildman–Crippen LogP) is -0.260. The Balaban J connectivity index is 1.84. The minimum Gasteiger partial charge on any atom is -0.328 e. The number of carbonyl (C=O) groups excluding carboxylic acids is 2. The van der Waals surface area contributed by atoms with Crippen LogP contribution in [-0.2, 0) is 4.79 Å². The monoisotopic (exact) mass is 254 g/mol. The number of imide groups is 1. The topological polar surface area (TPSA) is 78.7 Å². The van der Waals surface area contributed by atoms with Gasteiger partial charge in [-0.05, 0) is 39.8 Å². The number of hydrogen-bond donors (Lipinski definition) is 2. The van der Waals surface area contributed by atoms with E-state index in [-0.39, 0.29) is 11.9 Å². The van der Waals surface area contributed by atoms with Crippen LogP contribution < -0.4 is 11.1 Å². The molecule has 0 unspecified atom stereocenters. The molecule has 0 spiro atoms. The molecular weight excluding hydrogens is 232 g/mol. The highest BCUT2D eigenvalue weighted by atomic mass is 16.2. The molecule has 0 saturated carbocycles. The molecule has 2 heterocycles. The van der Waals surface area contributed by atoms with Crippen LogP contribution in [0.2, 0.25) is 0 Å². The highest BCUT2D eigenvalue weighted by Crippen LogP contribution is 2.16. The normalized spacial score (nSPS) is 25.6. The van der Waals surface area contributed by atoms with Crippen molar-refractivity contribution in [2.45, 2.75) is 38.3 Å². The molecule has 2 aliphatic heterocycles. The summed E-state index contributed by atoms with van der Waals surface area (Å²) in [7, 11) is 0. The van der Waals surface area contributed by atoms with E-state index in [1.165, 1.54) is 4.90 Å². The molecule has 2 rings (SSSR count). The standard InChI is InChI=1S/C12H22N4O2/c1-12(2)10(17)16(11(18)14-12)8-7-15-5-3-9(13)4-6-15/h9H,3-8,13H2,1-2H3,(H,14,18). The molecule has 0 atom stereocenters. The van der Waals surface area contributed by atoms with Crippen molar-refractivity contribution in [1.82, 2.24) is 15.1 Å². The molecule has 0 aromatic rings. The summed E-state index contributed by atoms with van der Waals surface area (Å²) < 4.78 is 0. The summed E-state index contributed by atoms with van der Waals surface area (Å²) >= 11 is 0. The van der Waals surface area contributed by atoms with Crippen molar-refractivity contribution in [1.29, 1.82) is 0 Å². The van der Waals surface area contributed by atoms with E-state index < -0.39 is 5.54 Å². The molecule has 0 radical (unpaired) electrons. The lowest BCUT2D eigenvalue weighted by molar-refractivity contribution is -0.130. The fourth-order valence-corrected chi connectivity index (χ4v) is 2.44. The first-order valence-corrected chi connectivity index (χ1v) is 6.52. The largest absolute Gasteiger partial charge is 0.328 e. The summed E-state index contributed by atoms with van der Waals surface area (Å²) in [6.45, 7) is 6.56. The smallest absolute Gasteiger partial charge is 0.325 e. The quantitative estimate of drug-likeness (QED) is 0.680. The number of nitrogens with two attached hydrogens (primary N) is 1. The Bertz CT molecular complexity index is 348. The molecule has 0 aromatic carbocycles. The summed E-state index contributed by atoms with van der Waals surface area (Å²) in [4.78, 5) is 27.2. The van der Waals surface area contributed by atoms with Crippen LogP contribution in [-0.4, -0.2) is 59.5 Å². The lowest BCUT2D eigenvalue weighted by atomic mass is 10.1. The van der Waals surface area contributed by atoms with E-state index in [9.17, 15) is 9.59 Å². The zero-order valence-electron chi connectivity index (χ0n) is 11.1. The second-order valence-electron chi connectivity index (χ2n) is 5.69. The molecule has 6 heteroatoms. The Morgan fingerprint density at radius 2 is 1.89 bits per heavy atom. The number of likely N-dealkylation sites (tertiary alicyclic amines) is 1. The Hall–Kier alpha value is -1.14. The molecule has 3 amide bonds. The van der Waals surface area contributed by atoms with Crippen molar-refractivity contribution in [2.24, 2.45) is 5.73 Å². The summed E-state index contributed by atoms with van der Waals surface area (Å²) in [6.07, 6.45) is 1.98. The van der Waals surface area contributed by atoms with E-state index in [0.717, 1.165) is 32.5 Å². The van der Waals surface area contributed by atoms with E-state index in [2.05, 4.69) is 10.2 Å². The van der Waals surface area contributed by atoms with Crippen LogP contribution in [0.5, 0.6) is 0 Å². The van der Waals surface area contributed by atoms with Crippen LogP contribution in [0.15, 0.2) is 0 Å². The molecule has 3 N–H and O–H groups in total. The van der Waals surface area contributed by atoms with Gasteiger partial charge < -0.3 is 16.0 Å². The molecule has 18 heavy (non-hydrogen) atoms. The number of rotatable bonds is 3. The zero-order chi connectivity index (χ0) is 13.3. The van der Waals surface area contributed by atoms with Gasteiger partial charge in [0.15, 0.2) is 0 Å². The Morgan fingerprint density at radius 1 is 1.28 bits per heavy atom. The van der Waals surface area contributed by atoms with Crippen LogP contribution in [0.3, 0.4) is 0 Å². The number of amides is 3. The number of nitrogens with one attached hydrogen (secondary N) is 1. The third kappa shape index (κ3) is 2.64. The summed E-state index contributed by atoms with van der Waals surface area (Å²) in [6, 6.07) is 0.0237. The predicted molar refractivity (Wildman–Crippen MR) is 68.0 cm³/mol. The highest BCUT2D eigenvalue weighted by Gasteiger charge is 2.43. The van der Waals surface area contributed by atoms with Gasteiger partial charge in [0.05, 0.1) is 0 Å². The van der Waals surface area contributed by atoms with Crippen LogP contribution in [0, 0.1) is 0 Å². The third-order valence-electron chi connectivity index (χ3n) is 3.72. The number of urea groups is 1. The van der Waals surface area contributed by atoms with Crippen molar-refractivity contribution >= 4 is 11.9 Å². The van der Waals surface area contributed by atoms with Gasteiger partial charge in [0, 0.05) is 19.1 Å². The second kappa shape index (κ2) is 4.85. The van der Waals surface area contributed by atoms with Gasteiger partial charge in [-0.1, -0.05) is 0 Å². The molecular formula is C12H22N4O2. The van der Waals surface area contributed by atoms with Crippen LogP contribution in [0.25, 0.3) is 0 Å². The minimum absolute atomic E-state index is 0.138. The fourth-order valence-electron chi connectivity index (χ4n) is 2.44. The second-order valence-corrected chi connectivity index (χ2v) is 5.69. The lowest BCUT2D eigenvalue weighted by Crippen LogP contribution is -2.45. The summed E-state index contributed by atoms with van der Waals surface area (Å²) in [5.41, 5.74) is 5.08. The SMILES string of the molecule is CC1(C)NC(=O)N(CCN2CCC(N)CC2)C1=O. The molecule has 6 nitrogen and oxygen atoms in total. The lowest BCUT2D eigenvalue weighted by Gasteiger charge is -2.30. The Labute approximate surface area is 107 Å². The molecule has 102 valence electrons. The molecule has 2 fully saturated rings. The minimum atomic E-state index is -0.763. The molecule has 0 aliphatic carbocycles. The van der Waals surface area contributed by atoms with E-state index in [1.54, 1.807) is 13.8 Å². The van der Waals surface area contributed by atoms with E-state index in [1.807, 2.05) is 0 Å². The van der Waals surface area contributed by atoms with E-state index in [0.29, 0.717) is 12.6 Å². The van der Waals surface area contributed by atoms with Crippen LogP contribution in [0.1, 0.15) is 26.7 Å². The molecule has 2 saturated heterocycles. The van der Waals surface area contributed by atoms with Crippen molar-refractivity contribution < 1.29 is 9.59 Å². The number of piperidine rings is 1. The Morgan fingerprint density at radius 3 is 2.39 bits per heavy atom. The maximum absolute atomic E-state index is 12.0. The first-order valence-electron chi connectivity index (χ1n) is 6.52. The van der Waals surface area contributed by atoms with Crippen LogP contribution >= 0.6 is 0 Å². The van der Waals surface area contributed by atoms with Gasteiger partial charge in [-0.3, -0.25) is 9.69 Å². The third-order valence-corrected chi connectivity index (χ3v) is 3.72. The van der Waals surface area contributed by atoms with E-state index >= 15 is 0 Å². The zero-order valence-corrected chi connectivity index (χ0v) is 11.1. The average molecular weight is 254 g/mol. The van der Waals surface area contributed by atoms with Crippen LogP contribution in [0.4, 0.5) is 4.79 Å². The van der Waals surface area contributed by atoms with Gasteiger partial charge in [-0.25, -0.2) is 4.79 Å². The van der Waals surface area contributed by atoms with Crippen molar-refractivity contribution in [3.05, 3.63) is 0 Å². The van der Waals surface area contributed by atoms with Crippen molar-refractivity contribution in [2.75, 3.05) is 26.2 Å². The van der Waals surface area contributed by atoms with Gasteiger partial charge in [-0.15, -0.1) is 0 Å². The van der Waals surface area contributed by atoms with Gasteiger partial charge >= 0.3 is 6.03 Å². The number of nitrogens with zero attached hydrogens (tertiary/aromatic N) is 2. The van der Waals surface area contributed by atoms with Gasteiger partial charge in [0.1, 0.15) is 5.54 Å². The number of carbonyl (C=O) groups is 2. The Kier molecular flexibility index (Phi) is 3.59. The average Bonchev–Trinajstić information content (AvgIpc) is 2.49. The van der Waals surface area contributed by atoms with E-state index in [4.69, 9.17) is 5.73 Å². The number of hydrogen-bond acceptors (Lipinski definition) is 4. The van der Waals surface area contributed by atoms with Crippen molar-refractivity contribution in [3.8, 4) is 0 Å². The first kappa shape index (κ1) is 13.3. The van der Waals surface area contributed by atoms with Crippen molar-refractivity contribution in [3.63, 3.8) is 0 Å². The van der Waals surface area contributed by atoms with Gasteiger partial charge in [-0.2, -0.15) is 0 Å².